The molecule has 0 aliphatic heterocycles. The molecule has 0 radical (unpaired) electrons. The SMILES string of the molecule is O=C(NCCc1cccc(O)c1)c1ccc(OCc2ccccc2)cc1. The lowest BCUT2D eigenvalue weighted by Crippen LogP contribution is -2.25. The number of hydrogen-bond donors (Lipinski definition) is 2. The molecule has 0 unspecified atom stereocenters. The summed E-state index contributed by atoms with van der Waals surface area (Å²) in [5.74, 6) is 0.838. The van der Waals surface area contributed by atoms with E-state index in [9.17, 15) is 9.90 Å². The summed E-state index contributed by atoms with van der Waals surface area (Å²) in [5, 5.41) is 12.3. The molecule has 0 spiro atoms. The molecule has 0 heterocycles. The second kappa shape index (κ2) is 8.72. The van der Waals surface area contributed by atoms with Crippen molar-refractivity contribution in [1.82, 2.24) is 5.32 Å². The van der Waals surface area contributed by atoms with Crippen molar-refractivity contribution < 1.29 is 14.6 Å². The number of rotatable bonds is 7. The van der Waals surface area contributed by atoms with Gasteiger partial charge in [-0.2, -0.15) is 0 Å². The number of benzene rings is 3. The Morgan fingerprint density at radius 3 is 2.35 bits per heavy atom. The normalized spacial score (nSPS) is 10.3. The molecule has 132 valence electrons. The van der Waals surface area contributed by atoms with Crippen LogP contribution in [0, 0.1) is 0 Å². The highest BCUT2D eigenvalue weighted by atomic mass is 16.5. The van der Waals surface area contributed by atoms with Gasteiger partial charge in [0.15, 0.2) is 0 Å². The Morgan fingerprint density at radius 2 is 1.62 bits per heavy atom. The third kappa shape index (κ3) is 5.11. The van der Waals surface area contributed by atoms with Crippen LogP contribution in [0.4, 0.5) is 0 Å². The van der Waals surface area contributed by atoms with Gasteiger partial charge in [-0.05, 0) is 53.9 Å². The largest absolute Gasteiger partial charge is 0.508 e. The maximum Gasteiger partial charge on any atom is 0.251 e. The molecule has 3 aromatic carbocycles. The summed E-state index contributed by atoms with van der Waals surface area (Å²) in [5.41, 5.74) is 2.67. The van der Waals surface area contributed by atoms with E-state index in [0.717, 1.165) is 16.9 Å². The van der Waals surface area contributed by atoms with Crippen molar-refractivity contribution in [2.24, 2.45) is 0 Å². The Bertz CT molecular complexity index is 845. The molecule has 1 amide bonds. The van der Waals surface area contributed by atoms with Crippen LogP contribution in [0.3, 0.4) is 0 Å². The van der Waals surface area contributed by atoms with Crippen molar-refractivity contribution in [2.45, 2.75) is 13.0 Å². The summed E-state index contributed by atoms with van der Waals surface area (Å²) >= 11 is 0. The molecule has 3 rings (SSSR count). The van der Waals surface area contributed by atoms with Crippen molar-refractivity contribution in [3.05, 3.63) is 95.6 Å². The van der Waals surface area contributed by atoms with Crippen molar-refractivity contribution in [2.75, 3.05) is 6.54 Å². The molecule has 0 bridgehead atoms. The first-order valence-electron chi connectivity index (χ1n) is 8.53. The summed E-state index contributed by atoms with van der Waals surface area (Å²) in [4.78, 5) is 12.2. The number of carbonyl (C=O) groups is 1. The van der Waals surface area contributed by atoms with Gasteiger partial charge in [-0.3, -0.25) is 4.79 Å². The van der Waals surface area contributed by atoms with Crippen LogP contribution < -0.4 is 10.1 Å². The summed E-state index contributed by atoms with van der Waals surface area (Å²) in [7, 11) is 0. The van der Waals surface area contributed by atoms with E-state index in [0.29, 0.717) is 25.1 Å². The Morgan fingerprint density at radius 1 is 0.885 bits per heavy atom. The standard InChI is InChI=1S/C22H21NO3/c24-20-8-4-7-17(15-20)13-14-23-22(25)19-9-11-21(12-10-19)26-16-18-5-2-1-3-6-18/h1-12,15,24H,13-14,16H2,(H,23,25). The van der Waals surface area contributed by atoms with Crippen LogP contribution >= 0.6 is 0 Å². The highest BCUT2D eigenvalue weighted by molar-refractivity contribution is 5.94. The quantitative estimate of drug-likeness (QED) is 0.680. The van der Waals surface area contributed by atoms with E-state index in [1.54, 1.807) is 42.5 Å². The molecule has 0 aliphatic rings. The van der Waals surface area contributed by atoms with Crippen LogP contribution in [0.5, 0.6) is 11.5 Å². The molecule has 0 aromatic heterocycles. The third-order valence-corrected chi connectivity index (χ3v) is 3.97. The zero-order valence-corrected chi connectivity index (χ0v) is 14.4. The van der Waals surface area contributed by atoms with E-state index in [-0.39, 0.29) is 11.7 Å². The topological polar surface area (TPSA) is 58.6 Å². The van der Waals surface area contributed by atoms with E-state index in [1.807, 2.05) is 36.4 Å². The Kier molecular flexibility index (Phi) is 5.88. The number of hydrogen-bond acceptors (Lipinski definition) is 3. The summed E-state index contributed by atoms with van der Waals surface area (Å²) in [6.07, 6.45) is 0.665. The molecule has 4 nitrogen and oxygen atoms in total. The van der Waals surface area contributed by atoms with Crippen molar-refractivity contribution in [3.8, 4) is 11.5 Å². The lowest BCUT2D eigenvalue weighted by atomic mass is 10.1. The van der Waals surface area contributed by atoms with Crippen LogP contribution in [-0.2, 0) is 13.0 Å². The average Bonchev–Trinajstić information content (AvgIpc) is 2.67. The fourth-order valence-electron chi connectivity index (χ4n) is 2.58. The second-order valence-electron chi connectivity index (χ2n) is 5.97. The van der Waals surface area contributed by atoms with Crippen molar-refractivity contribution in [3.63, 3.8) is 0 Å². The van der Waals surface area contributed by atoms with Crippen molar-refractivity contribution in [1.29, 1.82) is 0 Å². The lowest BCUT2D eigenvalue weighted by molar-refractivity contribution is 0.0954. The van der Waals surface area contributed by atoms with Gasteiger partial charge in [0, 0.05) is 12.1 Å². The smallest absolute Gasteiger partial charge is 0.251 e. The Hall–Kier alpha value is -3.27. The van der Waals surface area contributed by atoms with E-state index in [2.05, 4.69) is 5.32 Å². The first-order chi connectivity index (χ1) is 12.7. The van der Waals surface area contributed by atoms with Gasteiger partial charge in [0.25, 0.3) is 5.91 Å². The summed E-state index contributed by atoms with van der Waals surface area (Å²) < 4.78 is 5.72. The van der Waals surface area contributed by atoms with Gasteiger partial charge in [0.05, 0.1) is 0 Å². The van der Waals surface area contributed by atoms with Crippen LogP contribution in [0.15, 0.2) is 78.9 Å². The number of amides is 1. The molecule has 0 atom stereocenters. The number of phenolic OH excluding ortho intramolecular Hbond substituents is 1. The number of nitrogens with one attached hydrogen (secondary N) is 1. The number of carbonyl (C=O) groups excluding carboxylic acids is 1. The Labute approximate surface area is 153 Å². The molecule has 3 aromatic rings. The van der Waals surface area contributed by atoms with E-state index >= 15 is 0 Å². The first-order valence-corrected chi connectivity index (χ1v) is 8.53. The molecule has 0 saturated heterocycles. The van der Waals surface area contributed by atoms with E-state index in [1.165, 1.54) is 0 Å². The predicted molar refractivity (Wildman–Crippen MR) is 101 cm³/mol. The molecule has 0 aliphatic carbocycles. The van der Waals surface area contributed by atoms with E-state index < -0.39 is 0 Å². The maximum atomic E-state index is 12.2. The number of ether oxygens (including phenoxy) is 1. The minimum absolute atomic E-state index is 0.125. The first kappa shape index (κ1) is 17.5. The van der Waals surface area contributed by atoms with Gasteiger partial charge < -0.3 is 15.2 Å². The average molecular weight is 347 g/mol. The lowest BCUT2D eigenvalue weighted by Gasteiger charge is -2.08. The van der Waals surface area contributed by atoms with Crippen LogP contribution in [0.2, 0.25) is 0 Å². The Balaban J connectivity index is 1.47. The van der Waals surface area contributed by atoms with Gasteiger partial charge in [0.2, 0.25) is 0 Å². The van der Waals surface area contributed by atoms with E-state index in [4.69, 9.17) is 4.74 Å². The second-order valence-corrected chi connectivity index (χ2v) is 5.97. The minimum Gasteiger partial charge on any atom is -0.508 e. The van der Waals surface area contributed by atoms with Gasteiger partial charge in [0.1, 0.15) is 18.1 Å². The third-order valence-electron chi connectivity index (χ3n) is 3.97. The van der Waals surface area contributed by atoms with Crippen LogP contribution in [0.25, 0.3) is 0 Å². The van der Waals surface area contributed by atoms with Crippen molar-refractivity contribution >= 4 is 5.91 Å². The fourth-order valence-corrected chi connectivity index (χ4v) is 2.58. The van der Waals surface area contributed by atoms with Crippen LogP contribution in [0.1, 0.15) is 21.5 Å². The molecular formula is C22H21NO3. The number of phenols is 1. The van der Waals surface area contributed by atoms with Gasteiger partial charge in [-0.25, -0.2) is 0 Å². The highest BCUT2D eigenvalue weighted by Gasteiger charge is 2.05. The molecule has 4 heteroatoms. The molecule has 26 heavy (non-hydrogen) atoms. The predicted octanol–water partition coefficient (Wildman–Crippen LogP) is 3.94. The van der Waals surface area contributed by atoms with Gasteiger partial charge in [-0.15, -0.1) is 0 Å². The zero-order chi connectivity index (χ0) is 18.2. The number of aromatic hydroxyl groups is 1. The summed E-state index contributed by atoms with van der Waals surface area (Å²) in [6, 6.07) is 24.1. The molecule has 0 saturated carbocycles. The summed E-state index contributed by atoms with van der Waals surface area (Å²) in [6.45, 7) is 1.00. The molecule has 0 fully saturated rings. The molecular weight excluding hydrogens is 326 g/mol. The molecule has 2 N–H and O–H groups in total. The minimum atomic E-state index is -0.125. The van der Waals surface area contributed by atoms with Gasteiger partial charge in [-0.1, -0.05) is 42.5 Å². The maximum absolute atomic E-state index is 12.2. The van der Waals surface area contributed by atoms with Crippen LogP contribution in [-0.4, -0.2) is 17.6 Å². The van der Waals surface area contributed by atoms with Gasteiger partial charge >= 0.3 is 0 Å². The zero-order valence-electron chi connectivity index (χ0n) is 14.4. The highest BCUT2D eigenvalue weighted by Crippen LogP contribution is 2.14. The fraction of sp³-hybridized carbons (Fsp3) is 0.136. The monoisotopic (exact) mass is 347 g/mol.